The number of aromatic nitrogens is 6. The van der Waals surface area contributed by atoms with Crippen LogP contribution in [0.1, 0.15) is 70.3 Å². The monoisotopic (exact) mass is 1030 g/mol. The minimum atomic E-state index is -4.50. The van der Waals surface area contributed by atoms with Crippen molar-refractivity contribution in [1.82, 2.24) is 30.1 Å². The van der Waals surface area contributed by atoms with E-state index in [0.717, 1.165) is 28.5 Å². The third kappa shape index (κ3) is 18.5. The average molecular weight is 1030 g/mol. The summed E-state index contributed by atoms with van der Waals surface area (Å²) in [6.07, 6.45) is 17.2. The van der Waals surface area contributed by atoms with Crippen LogP contribution in [0, 0.1) is 11.3 Å². The molecule has 342 valence electrons. The van der Waals surface area contributed by atoms with Gasteiger partial charge in [-0.25, -0.2) is 4.98 Å². The SMILES string of the molecule is CCCCCCc1ccc(/C=C/c2ccnc(-c3cc(C(F)(F)F)n[n-]3)c2)s1.N#C/C(=C\c1ccnc(-c2cc(/C=C/OC=O)cc(-c3cc(/C=C/OC=O)ccn3)n2)c1)OC=O.[N-]=C=S.[Ru+2]. The number of pyridine rings is 4. The van der Waals surface area contributed by atoms with Gasteiger partial charge in [0.1, 0.15) is 11.8 Å². The first kappa shape index (κ1) is 53.9. The van der Waals surface area contributed by atoms with Crippen molar-refractivity contribution >= 4 is 78.5 Å². The zero-order valence-electron chi connectivity index (χ0n) is 35.2. The topological polar surface area (TPSA) is 204 Å². The summed E-state index contributed by atoms with van der Waals surface area (Å²) < 4.78 is 51.9. The number of alkyl halides is 3. The van der Waals surface area contributed by atoms with Crippen LogP contribution in [0.3, 0.4) is 0 Å². The molecule has 6 aromatic rings. The molecule has 0 fully saturated rings. The molecule has 0 N–H and O–H groups in total. The minimum Gasteiger partial charge on any atom is -0.753 e. The number of hydrogen-bond donors (Lipinski definition) is 0. The van der Waals surface area contributed by atoms with E-state index in [1.54, 1.807) is 90.5 Å². The Hall–Kier alpha value is -7.42. The fourth-order valence-electron chi connectivity index (χ4n) is 5.65. The van der Waals surface area contributed by atoms with Crippen LogP contribution < -0.4 is 5.10 Å². The number of nitriles is 1. The number of ether oxygens (including phenoxy) is 3. The van der Waals surface area contributed by atoms with Crippen LogP contribution in [0.4, 0.5) is 13.2 Å². The van der Waals surface area contributed by atoms with Crippen LogP contribution in [0.2, 0.25) is 0 Å². The second kappa shape index (κ2) is 29.2. The second-order valence-corrected chi connectivity index (χ2v) is 14.5. The Morgan fingerprint density at radius 1 is 0.761 bits per heavy atom. The average Bonchev–Trinajstić information content (AvgIpc) is 4.02. The summed E-state index contributed by atoms with van der Waals surface area (Å²) in [6.45, 7) is 2.98. The number of thiophene rings is 1. The fraction of sp³-hybridized carbons (Fsp3) is 0.149. The molecule has 0 atom stereocenters. The van der Waals surface area contributed by atoms with Gasteiger partial charge >= 0.3 is 25.7 Å². The smallest absolute Gasteiger partial charge is 0.753 e. The van der Waals surface area contributed by atoms with E-state index < -0.39 is 11.9 Å². The molecule has 14 nitrogen and oxygen atoms in total. The zero-order chi connectivity index (χ0) is 47.6. The molecule has 0 aliphatic heterocycles. The zero-order valence-corrected chi connectivity index (χ0v) is 38.6. The molecule has 0 spiro atoms. The number of thiocarbonyl (C=S) groups is 1. The molecule has 0 saturated carbocycles. The fourth-order valence-corrected chi connectivity index (χ4v) is 6.60. The summed E-state index contributed by atoms with van der Waals surface area (Å²) in [5.41, 5.74) is 4.19. The molecule has 0 unspecified atom stereocenters. The standard InChI is InChI=1S/C25H16N4O6.C21H21F3N3S.CNS.Ru/c26-14-21(35-17-32)9-19-2-6-28-23(11-19)25-13-20(4-8-34-16-31)12-24(29-25)22-10-18(1-5-27-22)3-7-33-15-30;1-2-3-4-5-6-16-9-10-17(28-16)8-7-15-11-12-25-18(13-15)19-14-20(27-26-19)21(22,23)24;2-1-3;/h1-13,15-17H;7-14H,2-6H2,1H3;;/q;2*-1;+2/b7-3+,8-4+,21-9+;8-7+;;. The van der Waals surface area contributed by atoms with Crippen molar-refractivity contribution in [2.75, 3.05) is 0 Å². The van der Waals surface area contributed by atoms with Gasteiger partial charge in [-0.2, -0.15) is 23.6 Å². The Bertz CT molecular complexity index is 2760. The van der Waals surface area contributed by atoms with Crippen molar-refractivity contribution in [3.05, 3.63) is 147 Å². The third-order valence-electron chi connectivity index (χ3n) is 8.59. The van der Waals surface area contributed by atoms with Gasteiger partial charge in [0.15, 0.2) is 0 Å². The van der Waals surface area contributed by atoms with Gasteiger partial charge in [0.05, 0.1) is 35.3 Å². The van der Waals surface area contributed by atoms with Crippen LogP contribution >= 0.6 is 23.6 Å². The van der Waals surface area contributed by atoms with Crippen molar-refractivity contribution in [3.8, 4) is 40.2 Å². The summed E-state index contributed by atoms with van der Waals surface area (Å²) >= 11 is 5.47. The van der Waals surface area contributed by atoms with E-state index in [9.17, 15) is 27.6 Å². The molecule has 0 aliphatic rings. The Morgan fingerprint density at radius 3 is 1.91 bits per heavy atom. The molecule has 20 heteroatoms. The van der Waals surface area contributed by atoms with Gasteiger partial charge < -0.3 is 29.8 Å². The molecule has 67 heavy (non-hydrogen) atoms. The number of carbonyl (C=O) groups excluding carboxylic acids is 3. The van der Waals surface area contributed by atoms with Gasteiger partial charge in [0.25, 0.3) is 19.4 Å². The summed E-state index contributed by atoms with van der Waals surface area (Å²) in [6, 6.07) is 20.7. The number of carbonyl (C=O) groups is 3. The van der Waals surface area contributed by atoms with Crippen molar-refractivity contribution in [1.29, 1.82) is 5.26 Å². The molecular formula is C47H37F3N8O6RuS2. The van der Waals surface area contributed by atoms with Gasteiger partial charge in [-0.3, -0.25) is 29.3 Å². The predicted octanol–water partition coefficient (Wildman–Crippen LogP) is 10.7. The number of allylic oxidation sites excluding steroid dienone is 1. The molecular weight excluding hydrogens is 995 g/mol. The number of isothiocyanates is 1. The van der Waals surface area contributed by atoms with Gasteiger partial charge in [0.2, 0.25) is 5.76 Å². The minimum absolute atomic E-state index is 0. The van der Waals surface area contributed by atoms with Gasteiger partial charge in [-0.1, -0.05) is 50.2 Å². The van der Waals surface area contributed by atoms with Gasteiger partial charge in [-0.05, 0) is 126 Å². The Kier molecular flexibility index (Phi) is 23.5. The van der Waals surface area contributed by atoms with Crippen molar-refractivity contribution in [3.63, 3.8) is 0 Å². The predicted molar refractivity (Wildman–Crippen MR) is 247 cm³/mol. The summed E-state index contributed by atoms with van der Waals surface area (Å²) in [5.74, 6) is -0.180. The first-order valence-corrected chi connectivity index (χ1v) is 20.8. The maximum Gasteiger partial charge on any atom is 2.00 e. The first-order valence-electron chi connectivity index (χ1n) is 19.5. The molecule has 0 bridgehead atoms. The van der Waals surface area contributed by atoms with E-state index in [2.05, 4.69) is 75.6 Å². The molecule has 6 rings (SSSR count). The molecule has 6 heterocycles. The number of unbranched alkanes of at least 4 members (excludes halogenated alkanes) is 3. The summed E-state index contributed by atoms with van der Waals surface area (Å²) in [7, 11) is 0. The van der Waals surface area contributed by atoms with Crippen LogP contribution in [0.5, 0.6) is 0 Å². The number of rotatable bonds is 19. The normalized spacial score (nSPS) is 11.0. The Labute approximate surface area is 405 Å². The maximum atomic E-state index is 12.7. The Morgan fingerprint density at radius 2 is 1.33 bits per heavy atom. The van der Waals surface area contributed by atoms with E-state index in [1.807, 2.05) is 12.2 Å². The third-order valence-corrected chi connectivity index (χ3v) is 9.70. The van der Waals surface area contributed by atoms with E-state index in [0.29, 0.717) is 52.5 Å². The number of hydrogen-bond acceptors (Lipinski definition) is 14. The van der Waals surface area contributed by atoms with Crippen molar-refractivity contribution < 1.29 is 61.2 Å². The van der Waals surface area contributed by atoms with Crippen molar-refractivity contribution in [2.24, 2.45) is 0 Å². The second-order valence-electron chi connectivity index (χ2n) is 13.2. The molecule has 0 saturated heterocycles. The van der Waals surface area contributed by atoms with Crippen LogP contribution in [0.25, 0.3) is 70.0 Å². The van der Waals surface area contributed by atoms with E-state index in [1.165, 1.54) is 60.5 Å². The maximum absolute atomic E-state index is 12.7. The Balaban J connectivity index is 0.000000338. The molecule has 0 amide bonds. The number of aryl methyl sites for hydroxylation is 1. The molecule has 6 aromatic heterocycles. The van der Waals surface area contributed by atoms with Crippen LogP contribution in [-0.4, -0.2) is 49.6 Å². The number of nitrogens with zero attached hydrogens (tertiary/aromatic N) is 8. The molecule has 0 radical (unpaired) electrons. The summed E-state index contributed by atoms with van der Waals surface area (Å²) in [5, 5.41) is 24.4. The van der Waals surface area contributed by atoms with Gasteiger partial charge in [-0.15, -0.1) is 11.3 Å². The largest absolute Gasteiger partial charge is 2.00 e. The van der Waals surface area contributed by atoms with Crippen molar-refractivity contribution in [2.45, 2.75) is 45.2 Å². The van der Waals surface area contributed by atoms with Gasteiger partial charge in [0, 0.05) is 34.0 Å². The molecule has 0 aromatic carbocycles. The van der Waals surface area contributed by atoms with E-state index in [-0.39, 0.29) is 37.4 Å². The van der Waals surface area contributed by atoms with E-state index >= 15 is 0 Å². The van der Waals surface area contributed by atoms with E-state index in [4.69, 9.17) is 10.7 Å². The quantitative estimate of drug-likeness (QED) is 0.0108. The van der Waals surface area contributed by atoms with Crippen LogP contribution in [0.15, 0.2) is 104 Å². The van der Waals surface area contributed by atoms with Crippen LogP contribution in [-0.2, 0) is 60.7 Å². The summed E-state index contributed by atoms with van der Waals surface area (Å²) in [4.78, 5) is 51.4. The molecule has 0 aliphatic carbocycles. The number of halogens is 3. The first-order chi connectivity index (χ1) is 32.0.